The van der Waals surface area contributed by atoms with Crippen molar-refractivity contribution in [3.05, 3.63) is 11.6 Å². The zero-order valence-corrected chi connectivity index (χ0v) is 13.5. The van der Waals surface area contributed by atoms with Crippen LogP contribution in [0.3, 0.4) is 0 Å². The largest absolute Gasteiger partial charge is 0.192 e. The highest BCUT2D eigenvalue weighted by Crippen LogP contribution is 2.34. The molecule has 0 spiro atoms. The van der Waals surface area contributed by atoms with Crippen LogP contribution < -0.4 is 0 Å². The number of unbranched alkanes of at least 4 members (excludes halogenated alkanes) is 6. The van der Waals surface area contributed by atoms with Gasteiger partial charge < -0.3 is 0 Å². The van der Waals surface area contributed by atoms with Crippen molar-refractivity contribution in [2.24, 2.45) is 5.41 Å². The highest BCUT2D eigenvalue weighted by atomic mass is 14.3. The summed E-state index contributed by atoms with van der Waals surface area (Å²) in [6.07, 6.45) is 14.0. The monoisotopic (exact) mass is 274 g/mol. The number of allylic oxidation sites excluding steroid dienone is 2. The molecule has 112 valence electrons. The van der Waals surface area contributed by atoms with Gasteiger partial charge in [0.05, 0.1) is 0 Å². The normalized spacial score (nSPS) is 10.7. The lowest BCUT2D eigenvalue weighted by Gasteiger charge is -2.26. The zero-order chi connectivity index (χ0) is 15.3. The fourth-order valence-electron chi connectivity index (χ4n) is 2.62. The number of rotatable bonds is 11. The summed E-state index contributed by atoms with van der Waals surface area (Å²) in [6.45, 7) is 6.64. The summed E-state index contributed by atoms with van der Waals surface area (Å²) in [6, 6.07) is 4.02. The first-order chi connectivity index (χ1) is 9.61. The van der Waals surface area contributed by atoms with Crippen molar-refractivity contribution in [1.82, 2.24) is 0 Å². The Kier molecular flexibility index (Phi) is 10.8. The van der Waals surface area contributed by atoms with Gasteiger partial charge in [-0.3, -0.25) is 0 Å². The van der Waals surface area contributed by atoms with Gasteiger partial charge in [-0.1, -0.05) is 72.1 Å². The lowest BCUT2D eigenvalue weighted by molar-refractivity contribution is 0.328. The molecule has 20 heavy (non-hydrogen) atoms. The lowest BCUT2D eigenvalue weighted by atomic mass is 9.78. The van der Waals surface area contributed by atoms with Gasteiger partial charge in [-0.2, -0.15) is 10.5 Å². The molecule has 0 aromatic heterocycles. The Hall–Kier alpha value is -1.28. The first-order valence-corrected chi connectivity index (χ1v) is 8.15. The smallest absolute Gasteiger partial charge is 0.126 e. The van der Waals surface area contributed by atoms with E-state index in [1.165, 1.54) is 51.4 Å². The molecule has 0 atom stereocenters. The van der Waals surface area contributed by atoms with E-state index in [1.807, 2.05) is 18.2 Å². The summed E-state index contributed by atoms with van der Waals surface area (Å²) in [4.78, 5) is 0. The molecule has 0 unspecified atom stereocenters. The van der Waals surface area contributed by atoms with Crippen molar-refractivity contribution in [1.29, 1.82) is 10.5 Å². The first-order valence-electron chi connectivity index (χ1n) is 8.15. The minimum absolute atomic E-state index is 0.0161. The summed E-state index contributed by atoms with van der Waals surface area (Å²) in [5, 5.41) is 17.9. The number of hydrogen-bond acceptors (Lipinski definition) is 2. The molecule has 2 nitrogen and oxygen atoms in total. The molecule has 0 aliphatic rings. The summed E-state index contributed by atoms with van der Waals surface area (Å²) >= 11 is 0. The number of hydrogen-bond donors (Lipinski definition) is 0. The number of nitrogens with zero attached hydrogens (tertiary/aromatic N) is 2. The average molecular weight is 274 g/mol. The van der Waals surface area contributed by atoms with Gasteiger partial charge in [-0.25, -0.2) is 0 Å². The second-order valence-corrected chi connectivity index (χ2v) is 6.06. The Morgan fingerprint density at radius 2 is 1.30 bits per heavy atom. The van der Waals surface area contributed by atoms with Crippen LogP contribution in [0.2, 0.25) is 0 Å². The molecule has 0 rings (SSSR count). The van der Waals surface area contributed by atoms with Gasteiger partial charge in [-0.15, -0.1) is 0 Å². The molecule has 0 amide bonds. The van der Waals surface area contributed by atoms with Crippen LogP contribution in [0.5, 0.6) is 0 Å². The summed E-state index contributed by atoms with van der Waals surface area (Å²) in [5.74, 6) is 0. The molecule has 0 aromatic rings. The van der Waals surface area contributed by atoms with Crippen molar-refractivity contribution >= 4 is 0 Å². The second-order valence-electron chi connectivity index (χ2n) is 6.06. The van der Waals surface area contributed by atoms with Crippen LogP contribution in [0, 0.1) is 28.1 Å². The van der Waals surface area contributed by atoms with Crippen LogP contribution in [-0.4, -0.2) is 0 Å². The van der Waals surface area contributed by atoms with Crippen molar-refractivity contribution in [3.63, 3.8) is 0 Å². The molecule has 0 heterocycles. The van der Waals surface area contributed by atoms with Gasteiger partial charge in [0.25, 0.3) is 0 Å². The maximum Gasteiger partial charge on any atom is 0.126 e. The fourth-order valence-corrected chi connectivity index (χ4v) is 2.62. The first kappa shape index (κ1) is 18.7. The van der Waals surface area contributed by atoms with Gasteiger partial charge in [0, 0.05) is 0 Å². The molecule has 0 aromatic carbocycles. The minimum atomic E-state index is 0.0161. The van der Waals surface area contributed by atoms with Gasteiger partial charge in [0.1, 0.15) is 17.7 Å². The van der Waals surface area contributed by atoms with Crippen molar-refractivity contribution in [3.8, 4) is 12.1 Å². The van der Waals surface area contributed by atoms with E-state index in [9.17, 15) is 0 Å². The summed E-state index contributed by atoms with van der Waals surface area (Å²) in [7, 11) is 0. The topological polar surface area (TPSA) is 47.6 Å². The molecule has 0 aliphatic carbocycles. The highest BCUT2D eigenvalue weighted by Gasteiger charge is 2.21. The van der Waals surface area contributed by atoms with E-state index < -0.39 is 0 Å². The average Bonchev–Trinajstić information content (AvgIpc) is 2.46. The molecule has 0 bridgehead atoms. The second kappa shape index (κ2) is 11.5. The fraction of sp³-hybridized carbons (Fsp3) is 0.778. The maximum absolute atomic E-state index is 8.97. The molecule has 0 saturated heterocycles. The van der Waals surface area contributed by atoms with Gasteiger partial charge in [0.15, 0.2) is 0 Å². The SMILES string of the molecule is CCCCCCC(C)(C=C(C#N)C#N)CCCCCC. The predicted molar refractivity (Wildman–Crippen MR) is 84.9 cm³/mol. The third kappa shape index (κ3) is 8.76. The third-order valence-electron chi connectivity index (χ3n) is 3.94. The summed E-state index contributed by atoms with van der Waals surface area (Å²) in [5.41, 5.74) is 0.293. The quantitative estimate of drug-likeness (QED) is 0.347. The van der Waals surface area contributed by atoms with Crippen LogP contribution in [0.1, 0.15) is 85.0 Å². The standard InChI is InChI=1S/C18H30N2/c1-4-6-8-10-12-18(3,13-11-9-7-5-2)14-17(15-19)16-20/h14H,4-13H2,1-3H3. The Morgan fingerprint density at radius 3 is 1.65 bits per heavy atom. The number of nitriles is 2. The lowest BCUT2D eigenvalue weighted by Crippen LogP contribution is -2.14. The van der Waals surface area contributed by atoms with E-state index in [1.54, 1.807) is 0 Å². The van der Waals surface area contributed by atoms with Crippen LogP contribution in [0.25, 0.3) is 0 Å². The molecular weight excluding hydrogens is 244 g/mol. The van der Waals surface area contributed by atoms with E-state index in [0.717, 1.165) is 12.8 Å². The van der Waals surface area contributed by atoms with E-state index in [-0.39, 0.29) is 11.0 Å². The third-order valence-corrected chi connectivity index (χ3v) is 3.94. The Labute approximate surface area is 125 Å². The maximum atomic E-state index is 8.97. The molecule has 2 heteroatoms. The van der Waals surface area contributed by atoms with Crippen LogP contribution in [0.15, 0.2) is 11.6 Å². The van der Waals surface area contributed by atoms with Crippen LogP contribution in [0.4, 0.5) is 0 Å². The van der Waals surface area contributed by atoms with Crippen LogP contribution in [-0.2, 0) is 0 Å². The van der Waals surface area contributed by atoms with Crippen LogP contribution >= 0.6 is 0 Å². The Morgan fingerprint density at radius 1 is 0.850 bits per heavy atom. The molecule has 0 fully saturated rings. The van der Waals surface area contributed by atoms with Gasteiger partial charge in [-0.05, 0) is 24.3 Å². The molecule has 0 N–H and O–H groups in total. The minimum Gasteiger partial charge on any atom is -0.192 e. The Bertz CT molecular complexity index is 327. The van der Waals surface area contributed by atoms with Gasteiger partial charge in [0.2, 0.25) is 0 Å². The molecular formula is C18H30N2. The van der Waals surface area contributed by atoms with Gasteiger partial charge >= 0.3 is 0 Å². The van der Waals surface area contributed by atoms with Crippen molar-refractivity contribution < 1.29 is 0 Å². The van der Waals surface area contributed by atoms with E-state index in [0.29, 0.717) is 0 Å². The predicted octanol–water partition coefficient (Wildman–Crippen LogP) is 5.91. The Balaban J connectivity index is 4.55. The van der Waals surface area contributed by atoms with E-state index in [4.69, 9.17) is 10.5 Å². The van der Waals surface area contributed by atoms with Crippen molar-refractivity contribution in [2.75, 3.05) is 0 Å². The highest BCUT2D eigenvalue weighted by molar-refractivity contribution is 5.36. The van der Waals surface area contributed by atoms with E-state index in [2.05, 4.69) is 20.8 Å². The van der Waals surface area contributed by atoms with Crippen molar-refractivity contribution in [2.45, 2.75) is 85.0 Å². The summed E-state index contributed by atoms with van der Waals surface area (Å²) < 4.78 is 0. The van der Waals surface area contributed by atoms with E-state index >= 15 is 0 Å². The molecule has 0 radical (unpaired) electrons. The molecule has 0 aliphatic heterocycles. The zero-order valence-electron chi connectivity index (χ0n) is 13.5. The molecule has 0 saturated carbocycles.